The van der Waals surface area contributed by atoms with Gasteiger partial charge in [0.15, 0.2) is 6.29 Å². The first-order valence-electron chi connectivity index (χ1n) is 6.24. The number of phenols is 1. The number of phenolic OH excluding ortho intramolecular Hbond substituents is 1. The largest absolute Gasteiger partial charge is 0.507 e. The van der Waals surface area contributed by atoms with E-state index in [4.69, 9.17) is 9.47 Å². The normalized spacial score (nSPS) is 9.95. The van der Waals surface area contributed by atoms with Crippen LogP contribution in [0.5, 0.6) is 11.5 Å². The van der Waals surface area contributed by atoms with Gasteiger partial charge in [0.05, 0.1) is 18.8 Å². The van der Waals surface area contributed by atoms with Crippen molar-refractivity contribution in [2.24, 2.45) is 0 Å². The smallest absolute Gasteiger partial charge is 0.305 e. The number of hydrogen-bond acceptors (Lipinski definition) is 5. The van der Waals surface area contributed by atoms with Gasteiger partial charge in [0.2, 0.25) is 0 Å². The van der Waals surface area contributed by atoms with E-state index in [9.17, 15) is 14.7 Å². The zero-order valence-electron chi connectivity index (χ0n) is 10.9. The minimum atomic E-state index is -0.214. The fourth-order valence-electron chi connectivity index (χ4n) is 1.56. The summed E-state index contributed by atoms with van der Waals surface area (Å²) in [5.41, 5.74) is 0.146. The van der Waals surface area contributed by atoms with E-state index in [0.717, 1.165) is 0 Å². The van der Waals surface area contributed by atoms with Crippen LogP contribution in [0.15, 0.2) is 18.2 Å². The van der Waals surface area contributed by atoms with Gasteiger partial charge in [-0.25, -0.2) is 0 Å². The van der Waals surface area contributed by atoms with Crippen LogP contribution in [0.1, 0.15) is 36.5 Å². The summed E-state index contributed by atoms with van der Waals surface area (Å²) in [4.78, 5) is 21.9. The Balaban J connectivity index is 2.32. The Labute approximate surface area is 112 Å². The van der Waals surface area contributed by atoms with E-state index in [-0.39, 0.29) is 17.3 Å². The Morgan fingerprint density at radius 3 is 2.84 bits per heavy atom. The monoisotopic (exact) mass is 266 g/mol. The van der Waals surface area contributed by atoms with Gasteiger partial charge in [-0.2, -0.15) is 0 Å². The lowest BCUT2D eigenvalue weighted by Crippen LogP contribution is -2.05. The number of esters is 1. The predicted octanol–water partition coefficient (Wildman–Crippen LogP) is 2.32. The first-order valence-corrected chi connectivity index (χ1v) is 6.24. The lowest BCUT2D eigenvalue weighted by Gasteiger charge is -2.09. The van der Waals surface area contributed by atoms with Crippen molar-refractivity contribution in [3.05, 3.63) is 23.8 Å². The molecule has 1 rings (SSSR count). The van der Waals surface area contributed by atoms with Crippen LogP contribution in [-0.2, 0) is 9.53 Å². The maximum atomic E-state index is 11.1. The first-order chi connectivity index (χ1) is 9.19. The maximum absolute atomic E-state index is 11.1. The van der Waals surface area contributed by atoms with Crippen LogP contribution in [0.25, 0.3) is 0 Å². The van der Waals surface area contributed by atoms with E-state index in [0.29, 0.717) is 44.5 Å². The quantitative estimate of drug-likeness (QED) is 0.444. The van der Waals surface area contributed by atoms with Crippen LogP contribution in [0.4, 0.5) is 0 Å². The summed E-state index contributed by atoms with van der Waals surface area (Å²) in [6.07, 6.45) is 2.25. The van der Waals surface area contributed by atoms with Crippen LogP contribution < -0.4 is 4.74 Å². The minimum Gasteiger partial charge on any atom is -0.507 e. The van der Waals surface area contributed by atoms with Gasteiger partial charge >= 0.3 is 5.97 Å². The minimum absolute atomic E-state index is 0.0981. The highest BCUT2D eigenvalue weighted by atomic mass is 16.5. The van der Waals surface area contributed by atoms with Crippen LogP contribution in [0.3, 0.4) is 0 Å². The molecular formula is C14H18O5. The highest BCUT2D eigenvalue weighted by molar-refractivity contribution is 5.83. The zero-order valence-corrected chi connectivity index (χ0v) is 10.9. The summed E-state index contributed by atoms with van der Waals surface area (Å²) in [7, 11) is 0. The third-order valence-corrected chi connectivity index (χ3v) is 2.50. The number of benzene rings is 1. The number of carbonyl (C=O) groups is 2. The second kappa shape index (κ2) is 8.13. The fourth-order valence-corrected chi connectivity index (χ4v) is 1.56. The van der Waals surface area contributed by atoms with Gasteiger partial charge in [-0.3, -0.25) is 9.59 Å². The van der Waals surface area contributed by atoms with E-state index in [1.807, 2.05) is 0 Å². The van der Waals surface area contributed by atoms with Gasteiger partial charge in [0.25, 0.3) is 0 Å². The summed E-state index contributed by atoms with van der Waals surface area (Å²) in [5, 5.41) is 9.45. The van der Waals surface area contributed by atoms with E-state index in [2.05, 4.69) is 0 Å². The van der Waals surface area contributed by atoms with Crippen LogP contribution >= 0.6 is 0 Å². The SMILES string of the molecule is CCOC(=O)CCCCOc1cccc(O)c1C=O. The summed E-state index contributed by atoms with van der Waals surface area (Å²) < 4.78 is 10.2. The van der Waals surface area contributed by atoms with Gasteiger partial charge in [-0.15, -0.1) is 0 Å². The maximum Gasteiger partial charge on any atom is 0.305 e. The molecule has 0 heterocycles. The van der Waals surface area contributed by atoms with Crippen molar-refractivity contribution in [3.63, 3.8) is 0 Å². The fraction of sp³-hybridized carbons (Fsp3) is 0.429. The van der Waals surface area contributed by atoms with Gasteiger partial charge in [-0.05, 0) is 31.9 Å². The Kier molecular flexibility index (Phi) is 6.43. The lowest BCUT2D eigenvalue weighted by molar-refractivity contribution is -0.143. The Hall–Kier alpha value is -2.04. The Morgan fingerprint density at radius 2 is 2.16 bits per heavy atom. The van der Waals surface area contributed by atoms with Crippen molar-refractivity contribution in [2.75, 3.05) is 13.2 Å². The molecule has 0 aliphatic rings. The summed E-state index contributed by atoms with van der Waals surface area (Å²) in [6, 6.07) is 4.66. The van der Waals surface area contributed by atoms with Crippen LogP contribution in [-0.4, -0.2) is 30.6 Å². The molecule has 0 aromatic heterocycles. The molecule has 0 radical (unpaired) electrons. The molecule has 1 aromatic rings. The van der Waals surface area contributed by atoms with Gasteiger partial charge in [0, 0.05) is 6.42 Å². The highest BCUT2D eigenvalue weighted by Gasteiger charge is 2.07. The number of hydrogen-bond donors (Lipinski definition) is 1. The van der Waals surface area contributed by atoms with Crippen molar-refractivity contribution in [2.45, 2.75) is 26.2 Å². The highest BCUT2D eigenvalue weighted by Crippen LogP contribution is 2.25. The van der Waals surface area contributed by atoms with Crippen molar-refractivity contribution in [1.29, 1.82) is 0 Å². The standard InChI is InChI=1S/C14H18O5/c1-2-18-14(17)8-3-4-9-19-13-7-5-6-12(16)11(13)10-15/h5-7,10,16H,2-4,8-9H2,1H3. The third-order valence-electron chi connectivity index (χ3n) is 2.50. The summed E-state index contributed by atoms with van der Waals surface area (Å²) in [6.45, 7) is 2.54. The molecule has 5 heteroatoms. The number of rotatable bonds is 8. The van der Waals surface area contributed by atoms with Crippen LogP contribution in [0.2, 0.25) is 0 Å². The average Bonchev–Trinajstić information content (AvgIpc) is 2.39. The Bertz CT molecular complexity index is 428. The molecular weight excluding hydrogens is 248 g/mol. The number of aldehydes is 1. The molecule has 5 nitrogen and oxygen atoms in total. The molecule has 0 unspecified atom stereocenters. The van der Waals surface area contributed by atoms with E-state index < -0.39 is 0 Å². The molecule has 19 heavy (non-hydrogen) atoms. The molecule has 0 atom stereocenters. The summed E-state index contributed by atoms with van der Waals surface area (Å²) >= 11 is 0. The van der Waals surface area contributed by atoms with Gasteiger partial charge in [-0.1, -0.05) is 6.07 Å². The van der Waals surface area contributed by atoms with Gasteiger partial charge < -0.3 is 14.6 Å². The van der Waals surface area contributed by atoms with Crippen molar-refractivity contribution < 1.29 is 24.2 Å². The molecule has 0 amide bonds. The van der Waals surface area contributed by atoms with E-state index in [1.165, 1.54) is 6.07 Å². The van der Waals surface area contributed by atoms with Crippen LogP contribution in [0, 0.1) is 0 Å². The predicted molar refractivity (Wildman–Crippen MR) is 69.5 cm³/mol. The molecule has 104 valence electrons. The molecule has 1 N–H and O–H groups in total. The van der Waals surface area contributed by atoms with Crippen molar-refractivity contribution in [1.82, 2.24) is 0 Å². The van der Waals surface area contributed by atoms with Gasteiger partial charge in [0.1, 0.15) is 11.5 Å². The first kappa shape index (κ1) is 15.0. The molecule has 0 aliphatic heterocycles. The molecule has 1 aromatic carbocycles. The third kappa shape index (κ3) is 4.99. The van der Waals surface area contributed by atoms with E-state index >= 15 is 0 Å². The second-order valence-electron chi connectivity index (χ2n) is 3.92. The second-order valence-corrected chi connectivity index (χ2v) is 3.92. The van der Waals surface area contributed by atoms with Crippen molar-refractivity contribution in [3.8, 4) is 11.5 Å². The zero-order chi connectivity index (χ0) is 14.1. The molecule has 0 bridgehead atoms. The lowest BCUT2D eigenvalue weighted by atomic mass is 10.2. The van der Waals surface area contributed by atoms with E-state index in [1.54, 1.807) is 19.1 Å². The van der Waals surface area contributed by atoms with Crippen molar-refractivity contribution >= 4 is 12.3 Å². The number of aromatic hydroxyl groups is 1. The molecule has 0 saturated heterocycles. The number of ether oxygens (including phenoxy) is 2. The number of unbranched alkanes of at least 4 members (excludes halogenated alkanes) is 1. The summed E-state index contributed by atoms with van der Waals surface area (Å²) in [5.74, 6) is 0.0404. The molecule has 0 spiro atoms. The topological polar surface area (TPSA) is 72.8 Å². The molecule has 0 fully saturated rings. The average molecular weight is 266 g/mol. The number of carbonyl (C=O) groups excluding carboxylic acids is 2. The molecule has 0 aliphatic carbocycles. The Morgan fingerprint density at radius 1 is 1.37 bits per heavy atom. The molecule has 0 saturated carbocycles.